The van der Waals surface area contributed by atoms with Crippen LogP contribution in [0.1, 0.15) is 142 Å². The summed E-state index contributed by atoms with van der Waals surface area (Å²) in [6, 6.07) is 0. The molecule has 0 aromatic carbocycles. The minimum Gasteiger partial charge on any atom is -0.790 e. The van der Waals surface area contributed by atoms with E-state index in [2.05, 4.69) is 11.4 Å². The molecule has 0 bridgehead atoms. The Kier molecular flexibility index (Phi) is 37.8. The summed E-state index contributed by atoms with van der Waals surface area (Å²) in [7, 11) is -5.25. The molecule has 0 aromatic heterocycles. The van der Waals surface area contributed by atoms with Gasteiger partial charge in [0.1, 0.15) is 6.61 Å². The standard InChI is InChI=1S/C29H55O9PS.2Na/c1-3-4-5-6-7-8-9-10-11-12-16-19-22-29(32)38-27(25-37-39(33,34)35)24-36-28(31)21-18-15-13-14-17-20-23-40-26(2)30;;/h27H,3-25H2,1-2H3,(H2,33,34,35);;/q;2*+1/p-2/t27-;;/m0../s1. The predicted octanol–water partition coefficient (Wildman–Crippen LogP) is 0.396. The van der Waals surface area contributed by atoms with Gasteiger partial charge in [-0.15, -0.1) is 0 Å². The first-order valence-corrected chi connectivity index (χ1v) is 17.7. The third kappa shape index (κ3) is 37.3. The van der Waals surface area contributed by atoms with Crippen molar-refractivity contribution in [2.45, 2.75) is 148 Å². The Morgan fingerprint density at radius 3 is 1.55 bits per heavy atom. The van der Waals surface area contributed by atoms with Crippen molar-refractivity contribution in [1.29, 1.82) is 0 Å². The fourth-order valence-electron chi connectivity index (χ4n) is 4.20. The zero-order valence-electron chi connectivity index (χ0n) is 26.9. The molecule has 0 aliphatic carbocycles. The second kappa shape index (κ2) is 33.4. The Morgan fingerprint density at radius 2 is 1.10 bits per heavy atom. The van der Waals surface area contributed by atoms with Gasteiger partial charge in [-0.3, -0.25) is 14.4 Å². The summed E-state index contributed by atoms with van der Waals surface area (Å²) >= 11 is 1.34. The molecule has 0 N–H and O–H groups in total. The van der Waals surface area contributed by atoms with Crippen LogP contribution in [0.25, 0.3) is 0 Å². The average Bonchev–Trinajstić information content (AvgIpc) is 2.89. The first-order valence-electron chi connectivity index (χ1n) is 15.3. The van der Waals surface area contributed by atoms with Crippen molar-refractivity contribution in [3.8, 4) is 0 Å². The number of rotatable bonds is 28. The van der Waals surface area contributed by atoms with E-state index in [4.69, 9.17) is 9.47 Å². The van der Waals surface area contributed by atoms with Gasteiger partial charge in [0.15, 0.2) is 11.2 Å². The molecule has 0 aliphatic rings. The van der Waals surface area contributed by atoms with Gasteiger partial charge in [-0.2, -0.15) is 0 Å². The molecular weight excluding hydrogens is 601 g/mol. The largest absolute Gasteiger partial charge is 1.00 e. The van der Waals surface area contributed by atoms with Gasteiger partial charge in [0.25, 0.3) is 0 Å². The van der Waals surface area contributed by atoms with E-state index in [1.807, 2.05) is 0 Å². The Bertz CT molecular complexity index is 711. The maximum atomic E-state index is 12.2. The summed E-state index contributed by atoms with van der Waals surface area (Å²) in [5.41, 5.74) is 0. The number of phosphoric acid groups is 1. The van der Waals surface area contributed by atoms with Gasteiger partial charge in [-0.25, -0.2) is 0 Å². The Hall–Kier alpha value is 1.07. The number of thioether (sulfide) groups is 1. The molecule has 0 radical (unpaired) electrons. The van der Waals surface area contributed by atoms with Crippen LogP contribution in [-0.2, 0) is 32.9 Å². The van der Waals surface area contributed by atoms with Gasteiger partial charge >= 0.3 is 71.1 Å². The summed E-state index contributed by atoms with van der Waals surface area (Å²) in [4.78, 5) is 56.9. The Labute approximate surface area is 303 Å². The first kappa shape index (κ1) is 47.5. The summed E-state index contributed by atoms with van der Waals surface area (Å²) in [6.45, 7) is 2.75. The number of hydrogen-bond acceptors (Lipinski definition) is 10. The van der Waals surface area contributed by atoms with Gasteiger partial charge in [0.05, 0.1) is 14.4 Å². The molecule has 9 nitrogen and oxygen atoms in total. The van der Waals surface area contributed by atoms with Crippen molar-refractivity contribution < 1.29 is 102 Å². The second-order valence-corrected chi connectivity index (χ2v) is 12.8. The number of ether oxygens (including phenoxy) is 2. The molecule has 1 atom stereocenters. The third-order valence-electron chi connectivity index (χ3n) is 6.46. The van der Waals surface area contributed by atoms with Gasteiger partial charge in [-0.05, 0) is 19.3 Å². The van der Waals surface area contributed by atoms with Crippen LogP contribution in [0.4, 0.5) is 0 Å². The van der Waals surface area contributed by atoms with Crippen molar-refractivity contribution in [2.75, 3.05) is 19.0 Å². The quantitative estimate of drug-likeness (QED) is 0.0504. The summed E-state index contributed by atoms with van der Waals surface area (Å²) in [5, 5.41) is 0.136. The van der Waals surface area contributed by atoms with E-state index in [1.54, 1.807) is 6.92 Å². The summed E-state index contributed by atoms with van der Waals surface area (Å²) in [5.74, 6) is -0.178. The molecule has 0 unspecified atom stereocenters. The van der Waals surface area contributed by atoms with Gasteiger partial charge in [-0.1, -0.05) is 115 Å². The molecule has 0 rings (SSSR count). The molecule has 0 aromatic rings. The molecule has 0 heterocycles. The van der Waals surface area contributed by atoms with E-state index in [0.29, 0.717) is 12.8 Å². The number of hydrogen-bond donors (Lipinski definition) is 0. The van der Waals surface area contributed by atoms with Gasteiger partial charge < -0.3 is 28.3 Å². The monoisotopic (exact) mass is 654 g/mol. The van der Waals surface area contributed by atoms with Gasteiger partial charge in [0, 0.05) is 25.5 Å². The van der Waals surface area contributed by atoms with Crippen LogP contribution in [0, 0.1) is 0 Å². The maximum Gasteiger partial charge on any atom is 1.00 e. The van der Waals surface area contributed by atoms with Crippen LogP contribution in [-0.4, -0.2) is 42.1 Å². The van der Waals surface area contributed by atoms with Crippen molar-refractivity contribution >= 4 is 36.6 Å². The van der Waals surface area contributed by atoms with Crippen LogP contribution >= 0.6 is 19.6 Å². The number of esters is 2. The van der Waals surface area contributed by atoms with Crippen molar-refractivity contribution in [1.82, 2.24) is 0 Å². The zero-order valence-corrected chi connectivity index (χ0v) is 32.6. The Morgan fingerprint density at radius 1 is 0.667 bits per heavy atom. The summed E-state index contributed by atoms with van der Waals surface area (Å²) < 4.78 is 25.5. The predicted molar refractivity (Wildman–Crippen MR) is 156 cm³/mol. The molecule has 236 valence electrons. The smallest absolute Gasteiger partial charge is 0.790 e. The number of phosphoric ester groups is 1. The fraction of sp³-hybridized carbons (Fsp3) is 0.897. The molecule has 13 heteroatoms. The molecule has 0 fully saturated rings. The van der Waals surface area contributed by atoms with Crippen LogP contribution in [0.15, 0.2) is 0 Å². The van der Waals surface area contributed by atoms with Gasteiger partial charge in [0.2, 0.25) is 0 Å². The molecule has 0 spiro atoms. The molecule has 42 heavy (non-hydrogen) atoms. The minimum absolute atomic E-state index is 0. The van der Waals surface area contributed by atoms with E-state index < -0.39 is 32.5 Å². The molecular formula is C29H53Na2O9PS. The van der Waals surface area contributed by atoms with E-state index in [-0.39, 0.29) is 83.7 Å². The van der Waals surface area contributed by atoms with E-state index in [0.717, 1.165) is 57.1 Å². The van der Waals surface area contributed by atoms with Crippen molar-refractivity contribution in [3.05, 3.63) is 0 Å². The SMILES string of the molecule is CCCCCCCCCCCCCCC(=O)O[C@@H](COC(=O)CCCCCCCCSC(C)=O)COP(=O)([O-])[O-].[Na+].[Na+]. The molecule has 0 saturated carbocycles. The molecule has 0 amide bonds. The van der Waals surface area contributed by atoms with Crippen molar-refractivity contribution in [2.24, 2.45) is 0 Å². The normalized spacial score (nSPS) is 11.7. The van der Waals surface area contributed by atoms with Crippen LogP contribution in [0.5, 0.6) is 0 Å². The topological polar surface area (TPSA) is 142 Å². The van der Waals surface area contributed by atoms with Crippen LogP contribution in [0.3, 0.4) is 0 Å². The second-order valence-electron chi connectivity index (χ2n) is 10.4. The number of carbonyl (C=O) groups is 3. The molecule has 0 aliphatic heterocycles. The summed E-state index contributed by atoms with van der Waals surface area (Å²) in [6.07, 6.45) is 18.8. The van der Waals surface area contributed by atoms with Crippen LogP contribution in [0.2, 0.25) is 0 Å². The zero-order chi connectivity index (χ0) is 29.9. The van der Waals surface area contributed by atoms with E-state index in [9.17, 15) is 28.7 Å². The fourth-order valence-corrected chi connectivity index (χ4v) is 5.18. The van der Waals surface area contributed by atoms with E-state index >= 15 is 0 Å². The molecule has 0 saturated heterocycles. The maximum absolute atomic E-state index is 12.2. The third-order valence-corrected chi connectivity index (χ3v) is 7.83. The first-order chi connectivity index (χ1) is 19.1. The van der Waals surface area contributed by atoms with Crippen LogP contribution < -0.4 is 68.9 Å². The number of carbonyl (C=O) groups excluding carboxylic acids is 3. The average molecular weight is 655 g/mol. The van der Waals surface area contributed by atoms with E-state index in [1.165, 1.54) is 63.1 Å². The number of unbranched alkanes of at least 4 members (excludes halogenated alkanes) is 16. The Balaban J connectivity index is -0.00000760. The minimum atomic E-state index is -5.25. The van der Waals surface area contributed by atoms with Crippen molar-refractivity contribution in [3.63, 3.8) is 0 Å².